The molecule has 0 spiro atoms. The maximum Gasteiger partial charge on any atom is 0.202 e. The predicted octanol–water partition coefficient (Wildman–Crippen LogP) is 3.74. The summed E-state index contributed by atoms with van der Waals surface area (Å²) in [7, 11) is 0. The molecule has 0 fully saturated rings. The molecule has 0 saturated heterocycles. The number of furan rings is 1. The Kier molecular flexibility index (Phi) is 3.81. The van der Waals surface area contributed by atoms with Crippen molar-refractivity contribution in [2.75, 3.05) is 5.32 Å². The number of hydrogen-bond donors (Lipinski definition) is 1. The van der Waals surface area contributed by atoms with Crippen molar-refractivity contribution in [3.63, 3.8) is 0 Å². The minimum atomic E-state index is 0.536. The van der Waals surface area contributed by atoms with Crippen LogP contribution in [-0.4, -0.2) is 19.7 Å². The van der Waals surface area contributed by atoms with Crippen LogP contribution in [0.2, 0.25) is 0 Å². The molecule has 0 bridgehead atoms. The highest BCUT2D eigenvalue weighted by atomic mass is 16.5. The highest BCUT2D eigenvalue weighted by molar-refractivity contribution is 5.50. The second-order valence-electron chi connectivity index (χ2n) is 5.70. The summed E-state index contributed by atoms with van der Waals surface area (Å²) in [5, 5.41) is 7.31. The minimum Gasteiger partial charge on any atom is -0.461 e. The van der Waals surface area contributed by atoms with Gasteiger partial charge in [-0.15, -0.1) is 0 Å². The summed E-state index contributed by atoms with van der Waals surface area (Å²) < 4.78 is 12.5. The maximum atomic E-state index is 5.29. The Hall–Kier alpha value is -3.35. The molecule has 0 aliphatic carbocycles. The van der Waals surface area contributed by atoms with Gasteiger partial charge < -0.3 is 14.3 Å². The average molecular weight is 335 g/mol. The Labute approximate surface area is 144 Å². The normalized spacial score (nSPS) is 11.0. The Morgan fingerprint density at radius 3 is 2.72 bits per heavy atom. The lowest BCUT2D eigenvalue weighted by Gasteiger charge is -2.07. The molecule has 7 heteroatoms. The van der Waals surface area contributed by atoms with Crippen molar-refractivity contribution in [3.05, 3.63) is 66.2 Å². The van der Waals surface area contributed by atoms with E-state index in [1.54, 1.807) is 18.8 Å². The van der Waals surface area contributed by atoms with Gasteiger partial charge in [0.15, 0.2) is 5.76 Å². The summed E-state index contributed by atoms with van der Waals surface area (Å²) in [6.07, 6.45) is 5.18. The van der Waals surface area contributed by atoms with Gasteiger partial charge in [-0.3, -0.25) is 4.57 Å². The van der Waals surface area contributed by atoms with E-state index >= 15 is 0 Å². The quantitative estimate of drug-likeness (QED) is 0.598. The molecule has 4 rings (SSSR count). The third-order valence-corrected chi connectivity index (χ3v) is 4.04. The van der Waals surface area contributed by atoms with Crippen LogP contribution >= 0.6 is 0 Å². The fourth-order valence-corrected chi connectivity index (χ4v) is 2.49. The third kappa shape index (κ3) is 3.03. The SMILES string of the molecule is Cc1ncn(-c2ccc(NCc3cc(-c4ccco4)on3)cn2)c1C. The summed E-state index contributed by atoms with van der Waals surface area (Å²) in [6.45, 7) is 4.54. The third-order valence-electron chi connectivity index (χ3n) is 4.04. The number of imidazole rings is 1. The Bertz CT molecular complexity index is 968. The zero-order valence-corrected chi connectivity index (χ0v) is 13.9. The first-order valence-corrected chi connectivity index (χ1v) is 7.91. The number of aryl methyl sites for hydroxylation is 1. The van der Waals surface area contributed by atoms with Crippen LogP contribution in [0.4, 0.5) is 5.69 Å². The first-order chi connectivity index (χ1) is 12.2. The minimum absolute atomic E-state index is 0.536. The molecule has 0 aliphatic rings. The molecule has 0 aliphatic heterocycles. The monoisotopic (exact) mass is 335 g/mol. The molecule has 0 atom stereocenters. The highest BCUT2D eigenvalue weighted by Crippen LogP contribution is 2.21. The second kappa shape index (κ2) is 6.27. The Morgan fingerprint density at radius 2 is 2.04 bits per heavy atom. The topological polar surface area (TPSA) is 81.9 Å². The van der Waals surface area contributed by atoms with Crippen LogP contribution < -0.4 is 5.32 Å². The number of pyridine rings is 1. The van der Waals surface area contributed by atoms with E-state index in [-0.39, 0.29) is 0 Å². The molecule has 1 N–H and O–H groups in total. The lowest BCUT2D eigenvalue weighted by Crippen LogP contribution is -2.02. The van der Waals surface area contributed by atoms with Crippen LogP contribution in [0.5, 0.6) is 0 Å². The van der Waals surface area contributed by atoms with Gasteiger partial charge >= 0.3 is 0 Å². The van der Waals surface area contributed by atoms with Gasteiger partial charge in [0.1, 0.15) is 17.8 Å². The van der Waals surface area contributed by atoms with Gasteiger partial charge in [0.05, 0.1) is 30.4 Å². The fraction of sp³-hybridized carbons (Fsp3) is 0.167. The molecular weight excluding hydrogens is 318 g/mol. The predicted molar refractivity (Wildman–Crippen MR) is 92.4 cm³/mol. The highest BCUT2D eigenvalue weighted by Gasteiger charge is 2.09. The molecule has 4 aromatic heterocycles. The van der Waals surface area contributed by atoms with Crippen LogP contribution in [0, 0.1) is 13.8 Å². The van der Waals surface area contributed by atoms with E-state index in [2.05, 4.69) is 20.4 Å². The maximum absolute atomic E-state index is 5.29. The average Bonchev–Trinajstić information content (AvgIpc) is 3.36. The summed E-state index contributed by atoms with van der Waals surface area (Å²) in [6, 6.07) is 9.43. The van der Waals surface area contributed by atoms with Crippen LogP contribution in [0.25, 0.3) is 17.3 Å². The second-order valence-corrected chi connectivity index (χ2v) is 5.70. The van der Waals surface area contributed by atoms with Crippen molar-refractivity contribution in [2.24, 2.45) is 0 Å². The van der Waals surface area contributed by atoms with E-state index in [0.29, 0.717) is 18.1 Å². The zero-order valence-electron chi connectivity index (χ0n) is 13.9. The zero-order chi connectivity index (χ0) is 17.2. The molecule has 0 amide bonds. The van der Waals surface area contributed by atoms with Gasteiger partial charge in [-0.05, 0) is 38.1 Å². The number of nitrogens with zero attached hydrogens (tertiary/aromatic N) is 4. The number of rotatable bonds is 5. The van der Waals surface area contributed by atoms with Crippen molar-refractivity contribution in [3.8, 4) is 17.3 Å². The van der Waals surface area contributed by atoms with E-state index in [1.807, 2.05) is 48.7 Å². The van der Waals surface area contributed by atoms with Crippen molar-refractivity contribution >= 4 is 5.69 Å². The van der Waals surface area contributed by atoms with Gasteiger partial charge in [-0.25, -0.2) is 9.97 Å². The number of aromatic nitrogens is 4. The molecule has 25 heavy (non-hydrogen) atoms. The van der Waals surface area contributed by atoms with Crippen molar-refractivity contribution in [1.29, 1.82) is 0 Å². The van der Waals surface area contributed by atoms with Crippen molar-refractivity contribution in [1.82, 2.24) is 19.7 Å². The molecule has 0 radical (unpaired) electrons. The number of nitrogens with one attached hydrogen (secondary N) is 1. The molecule has 126 valence electrons. The van der Waals surface area contributed by atoms with Crippen molar-refractivity contribution in [2.45, 2.75) is 20.4 Å². The van der Waals surface area contributed by atoms with Crippen LogP contribution in [0.3, 0.4) is 0 Å². The van der Waals surface area contributed by atoms with Gasteiger partial charge in [0.2, 0.25) is 5.76 Å². The van der Waals surface area contributed by atoms with Crippen LogP contribution in [-0.2, 0) is 6.54 Å². The largest absolute Gasteiger partial charge is 0.461 e. The molecule has 0 unspecified atom stereocenters. The lowest BCUT2D eigenvalue weighted by atomic mass is 10.3. The molecule has 0 aromatic carbocycles. The fourth-order valence-electron chi connectivity index (χ4n) is 2.49. The standard InChI is InChI=1S/C18H17N5O2/c1-12-13(2)23(11-21-12)18-6-5-14(9-20-18)19-10-15-8-17(25-22-15)16-4-3-7-24-16/h3-9,11,19H,10H2,1-2H3. The van der Waals surface area contributed by atoms with E-state index in [1.165, 1.54) is 0 Å². The number of anilines is 1. The first-order valence-electron chi connectivity index (χ1n) is 7.91. The number of hydrogen-bond acceptors (Lipinski definition) is 6. The summed E-state index contributed by atoms with van der Waals surface area (Å²) in [4.78, 5) is 8.78. The molecule has 7 nitrogen and oxygen atoms in total. The van der Waals surface area contributed by atoms with Crippen LogP contribution in [0.1, 0.15) is 17.1 Å². The Morgan fingerprint density at radius 1 is 1.12 bits per heavy atom. The summed E-state index contributed by atoms with van der Waals surface area (Å²) in [5.41, 5.74) is 3.78. The molecular formula is C18H17N5O2. The first kappa shape index (κ1) is 15.2. The smallest absolute Gasteiger partial charge is 0.202 e. The van der Waals surface area contributed by atoms with Gasteiger partial charge in [0, 0.05) is 11.8 Å². The molecule has 0 saturated carbocycles. The van der Waals surface area contributed by atoms with Gasteiger partial charge in [-0.2, -0.15) is 0 Å². The Balaban J connectivity index is 1.43. The molecule has 4 heterocycles. The van der Waals surface area contributed by atoms with Crippen molar-refractivity contribution < 1.29 is 8.94 Å². The van der Waals surface area contributed by atoms with Gasteiger partial charge in [0.25, 0.3) is 0 Å². The van der Waals surface area contributed by atoms with Crippen LogP contribution in [0.15, 0.2) is 58.1 Å². The van der Waals surface area contributed by atoms with Gasteiger partial charge in [-0.1, -0.05) is 5.16 Å². The van der Waals surface area contributed by atoms with E-state index < -0.39 is 0 Å². The summed E-state index contributed by atoms with van der Waals surface area (Å²) >= 11 is 0. The molecule has 4 aromatic rings. The summed E-state index contributed by atoms with van der Waals surface area (Å²) in [5.74, 6) is 2.11. The van der Waals surface area contributed by atoms with E-state index in [0.717, 1.165) is 28.6 Å². The van der Waals surface area contributed by atoms with E-state index in [9.17, 15) is 0 Å². The lowest BCUT2D eigenvalue weighted by molar-refractivity contribution is 0.411. The van der Waals surface area contributed by atoms with E-state index in [4.69, 9.17) is 8.94 Å².